The quantitative estimate of drug-likeness (QED) is 0.132. The fraction of sp³-hybridized carbons (Fsp3) is 0.387. The van der Waals surface area contributed by atoms with E-state index >= 15 is 0 Å². The van der Waals surface area contributed by atoms with Gasteiger partial charge in [0.1, 0.15) is 45.3 Å². The topological polar surface area (TPSA) is 114 Å². The first-order chi connectivity index (χ1) is 19.4. The van der Waals surface area contributed by atoms with Gasteiger partial charge in [-0.1, -0.05) is 27.7 Å². The summed E-state index contributed by atoms with van der Waals surface area (Å²) in [6, 6.07) is 9.33. The second-order valence-electron chi connectivity index (χ2n) is 9.28. The van der Waals surface area contributed by atoms with Gasteiger partial charge in [-0.05, 0) is 37.8 Å². The molecule has 0 aliphatic carbocycles. The van der Waals surface area contributed by atoms with Crippen LogP contribution in [-0.2, 0) is 0 Å². The number of benzene rings is 2. The van der Waals surface area contributed by atoms with E-state index in [0.717, 1.165) is 25.7 Å². The molecule has 4 aromatic rings. The number of carbonyl (C=O) groups is 1. The molecule has 4 rings (SSSR count). The summed E-state index contributed by atoms with van der Waals surface area (Å²) in [4.78, 5) is 39.6. The average Bonchev–Trinajstić information content (AvgIpc) is 2.95. The third-order valence-corrected chi connectivity index (χ3v) is 5.94. The van der Waals surface area contributed by atoms with Crippen molar-refractivity contribution in [3.8, 4) is 23.0 Å². The van der Waals surface area contributed by atoms with Crippen LogP contribution in [0.1, 0.15) is 69.3 Å². The number of fused-ring (bicyclic) bond motifs is 2. The second kappa shape index (κ2) is 13.2. The lowest BCUT2D eigenvalue weighted by atomic mass is 10.0. The van der Waals surface area contributed by atoms with Crippen LogP contribution in [0, 0.1) is 0 Å². The largest absolute Gasteiger partial charge is 0.493 e. The number of ether oxygens (including phenoxy) is 4. The summed E-state index contributed by atoms with van der Waals surface area (Å²) >= 11 is 0. The molecule has 0 bridgehead atoms. The molecule has 0 fully saturated rings. The Morgan fingerprint density at radius 2 is 0.950 bits per heavy atom. The molecule has 0 aliphatic heterocycles. The molecule has 9 nitrogen and oxygen atoms in total. The van der Waals surface area contributed by atoms with Gasteiger partial charge in [0.05, 0.1) is 37.2 Å². The molecule has 9 heteroatoms. The molecule has 2 aromatic heterocycles. The first-order valence-corrected chi connectivity index (χ1v) is 13.7. The highest BCUT2D eigenvalue weighted by Crippen LogP contribution is 2.34. The van der Waals surface area contributed by atoms with Crippen LogP contribution in [0.3, 0.4) is 0 Å². The summed E-state index contributed by atoms with van der Waals surface area (Å²) in [6.45, 7) is 9.67. The summed E-state index contributed by atoms with van der Waals surface area (Å²) in [5, 5.41) is 0.824. The molecule has 0 radical (unpaired) electrons. The van der Waals surface area contributed by atoms with Gasteiger partial charge in [0, 0.05) is 24.3 Å². The van der Waals surface area contributed by atoms with Gasteiger partial charge in [0.15, 0.2) is 0 Å². The van der Waals surface area contributed by atoms with Crippen LogP contribution in [-0.4, -0.2) is 32.2 Å². The molecule has 212 valence electrons. The van der Waals surface area contributed by atoms with E-state index in [4.69, 9.17) is 27.8 Å². The van der Waals surface area contributed by atoms with E-state index in [-0.39, 0.29) is 22.3 Å². The smallest absolute Gasteiger partial charge is 0.347 e. The lowest BCUT2D eigenvalue weighted by Crippen LogP contribution is -2.21. The maximum absolute atomic E-state index is 13.6. The fourth-order valence-electron chi connectivity index (χ4n) is 4.05. The Hall–Kier alpha value is -4.27. The van der Waals surface area contributed by atoms with Crippen molar-refractivity contribution in [2.24, 2.45) is 0 Å². The first kappa shape index (κ1) is 28.7. The van der Waals surface area contributed by atoms with Crippen LogP contribution >= 0.6 is 0 Å². The molecule has 0 unspecified atom stereocenters. The third-order valence-electron chi connectivity index (χ3n) is 5.94. The molecule has 2 heterocycles. The summed E-state index contributed by atoms with van der Waals surface area (Å²) < 4.78 is 34.2. The van der Waals surface area contributed by atoms with E-state index in [9.17, 15) is 14.4 Å². The fourth-order valence-corrected chi connectivity index (χ4v) is 4.05. The van der Waals surface area contributed by atoms with Crippen LogP contribution in [0.15, 0.2) is 54.8 Å². The summed E-state index contributed by atoms with van der Waals surface area (Å²) in [5.41, 5.74) is -2.00. The van der Waals surface area contributed by atoms with Crippen molar-refractivity contribution < 1.29 is 32.6 Å². The number of hydrogen-bond donors (Lipinski definition) is 0. The van der Waals surface area contributed by atoms with Crippen molar-refractivity contribution in [2.75, 3.05) is 26.4 Å². The summed E-state index contributed by atoms with van der Waals surface area (Å²) in [7, 11) is 0. The van der Waals surface area contributed by atoms with Crippen LogP contribution in [0.25, 0.3) is 21.9 Å². The Labute approximate surface area is 231 Å². The van der Waals surface area contributed by atoms with Crippen molar-refractivity contribution in [2.45, 2.75) is 53.4 Å². The third kappa shape index (κ3) is 6.30. The maximum atomic E-state index is 13.6. The number of rotatable bonds is 14. The van der Waals surface area contributed by atoms with E-state index in [1.165, 1.54) is 12.1 Å². The van der Waals surface area contributed by atoms with Crippen molar-refractivity contribution in [3.63, 3.8) is 0 Å². The van der Waals surface area contributed by atoms with Gasteiger partial charge in [-0.15, -0.1) is 0 Å². The molecule has 0 saturated carbocycles. The Morgan fingerprint density at radius 1 is 0.575 bits per heavy atom. The van der Waals surface area contributed by atoms with Crippen molar-refractivity contribution >= 4 is 27.7 Å². The molecule has 0 amide bonds. The molecule has 2 aromatic carbocycles. The van der Waals surface area contributed by atoms with E-state index in [1.807, 2.05) is 27.7 Å². The normalized spacial score (nSPS) is 11.1. The predicted molar refractivity (Wildman–Crippen MR) is 152 cm³/mol. The van der Waals surface area contributed by atoms with Crippen LogP contribution in [0.2, 0.25) is 0 Å². The van der Waals surface area contributed by atoms with Gasteiger partial charge in [0.25, 0.3) is 0 Å². The lowest BCUT2D eigenvalue weighted by Gasteiger charge is -2.13. The molecule has 0 saturated heterocycles. The van der Waals surface area contributed by atoms with E-state index in [2.05, 4.69) is 0 Å². The maximum Gasteiger partial charge on any atom is 0.347 e. The van der Waals surface area contributed by atoms with E-state index in [1.54, 1.807) is 24.3 Å². The molecule has 0 spiro atoms. The zero-order valence-electron chi connectivity index (χ0n) is 23.3. The average molecular weight is 551 g/mol. The number of carbonyl (C=O) groups excluding carboxylic acids is 1. The highest BCUT2D eigenvalue weighted by Gasteiger charge is 2.23. The summed E-state index contributed by atoms with van der Waals surface area (Å²) in [6.07, 6.45) is 3.09. The monoisotopic (exact) mass is 550 g/mol. The second-order valence-corrected chi connectivity index (χ2v) is 9.28. The zero-order chi connectivity index (χ0) is 28.6. The van der Waals surface area contributed by atoms with Gasteiger partial charge < -0.3 is 27.8 Å². The highest BCUT2D eigenvalue weighted by molar-refractivity contribution is 6.11. The minimum absolute atomic E-state index is 0.210. The van der Waals surface area contributed by atoms with E-state index < -0.39 is 17.0 Å². The van der Waals surface area contributed by atoms with Crippen molar-refractivity contribution in [1.29, 1.82) is 0 Å². The van der Waals surface area contributed by atoms with Gasteiger partial charge >= 0.3 is 11.3 Å². The summed E-state index contributed by atoms with van der Waals surface area (Å²) in [5.74, 6) is 0.957. The molecule has 40 heavy (non-hydrogen) atoms. The molecule has 0 N–H and O–H groups in total. The van der Waals surface area contributed by atoms with Gasteiger partial charge in [-0.25, -0.2) is 9.59 Å². The Kier molecular flexibility index (Phi) is 9.47. The van der Waals surface area contributed by atoms with Crippen molar-refractivity contribution in [3.05, 3.63) is 68.4 Å². The van der Waals surface area contributed by atoms with Crippen LogP contribution in [0.5, 0.6) is 23.0 Å². The Bertz CT molecular complexity index is 1490. The standard InChI is InChI=1S/C31H34O9/c1-5-9-35-19-13-25(37-11-7-3)21-17-23(30(33)39-27(21)15-19)29(32)24-18-22-26(38-12-8-4)14-20(36-10-6-2)16-28(22)40-31(24)34/h13-18H,5-12H2,1-4H3. The van der Waals surface area contributed by atoms with Crippen LogP contribution in [0.4, 0.5) is 0 Å². The molecular weight excluding hydrogens is 516 g/mol. The lowest BCUT2D eigenvalue weighted by molar-refractivity contribution is 0.103. The Morgan fingerprint density at radius 3 is 1.32 bits per heavy atom. The predicted octanol–water partition coefficient (Wildman–Crippen LogP) is 6.29. The minimum atomic E-state index is -0.892. The van der Waals surface area contributed by atoms with Crippen molar-refractivity contribution in [1.82, 2.24) is 0 Å². The molecule has 0 aliphatic rings. The molecular formula is C31H34O9. The SMILES string of the molecule is CCCOc1cc(OCCC)c2cc(C(=O)c3cc4c(OCCC)cc(OCCC)cc4oc3=O)c(=O)oc2c1. The number of ketones is 1. The highest BCUT2D eigenvalue weighted by atomic mass is 16.5. The minimum Gasteiger partial charge on any atom is -0.493 e. The van der Waals surface area contributed by atoms with Gasteiger partial charge in [0.2, 0.25) is 5.78 Å². The first-order valence-electron chi connectivity index (χ1n) is 13.7. The van der Waals surface area contributed by atoms with Gasteiger partial charge in [-0.3, -0.25) is 4.79 Å². The Balaban J connectivity index is 1.83. The zero-order valence-corrected chi connectivity index (χ0v) is 23.3. The number of hydrogen-bond acceptors (Lipinski definition) is 9. The van der Waals surface area contributed by atoms with Gasteiger partial charge in [-0.2, -0.15) is 0 Å². The van der Waals surface area contributed by atoms with E-state index in [0.29, 0.717) is 60.2 Å². The van der Waals surface area contributed by atoms with Crippen LogP contribution < -0.4 is 30.2 Å². The molecule has 0 atom stereocenters.